The van der Waals surface area contributed by atoms with E-state index >= 15 is 0 Å². The number of halogens is 1. The fraction of sp³-hybridized carbons (Fsp3) is 0. The summed E-state index contributed by atoms with van der Waals surface area (Å²) in [7, 11) is 0. The van der Waals surface area contributed by atoms with Crippen molar-refractivity contribution < 1.29 is 5.11 Å². The number of rotatable bonds is 0. The molecule has 0 unspecified atom stereocenters. The van der Waals surface area contributed by atoms with E-state index in [1.165, 1.54) is 0 Å². The van der Waals surface area contributed by atoms with Crippen molar-refractivity contribution >= 4 is 22.6 Å². The lowest BCUT2D eigenvalue weighted by molar-refractivity contribution is 0.471. The predicted molar refractivity (Wildman–Crippen MR) is 45.8 cm³/mol. The summed E-state index contributed by atoms with van der Waals surface area (Å²) in [6.07, 6.45) is 0. The Kier molecular flexibility index (Phi) is 3.56. The zero-order valence-electron chi connectivity index (χ0n) is 4.84. The van der Waals surface area contributed by atoms with E-state index in [9.17, 15) is 0 Å². The molecule has 0 radical (unpaired) electrons. The van der Waals surface area contributed by atoms with Crippen molar-refractivity contribution in [2.75, 3.05) is 0 Å². The van der Waals surface area contributed by atoms with E-state index in [0.717, 1.165) is 3.57 Å². The summed E-state index contributed by atoms with van der Waals surface area (Å²) in [5.74, 6) is 0.355. The number of benzene rings is 1. The van der Waals surface area contributed by atoms with Gasteiger partial charge in [0.1, 0.15) is 5.75 Å². The van der Waals surface area contributed by atoms with Crippen LogP contribution in [-0.4, -0.2) is 5.11 Å². The summed E-state index contributed by atoms with van der Waals surface area (Å²) in [5.41, 5.74) is 0. The van der Waals surface area contributed by atoms with E-state index in [-0.39, 0.29) is 6.15 Å². The van der Waals surface area contributed by atoms with Crippen LogP contribution in [0.2, 0.25) is 0 Å². The second-order valence-corrected chi connectivity index (χ2v) is 2.61. The van der Waals surface area contributed by atoms with Crippen molar-refractivity contribution in [2.24, 2.45) is 0 Å². The fourth-order valence-corrected chi connectivity index (χ4v) is 0.839. The molecule has 0 spiro atoms. The highest BCUT2D eigenvalue weighted by atomic mass is 127. The number of hydrogen-bond acceptors (Lipinski definition) is 2. The van der Waals surface area contributed by atoms with Crippen LogP contribution >= 0.6 is 22.6 Å². The topological polar surface area (TPSA) is 55.2 Å². The Balaban J connectivity index is 0.000000640. The first-order chi connectivity index (χ1) is 3.80. The van der Waals surface area contributed by atoms with E-state index in [4.69, 9.17) is 5.11 Å². The quantitative estimate of drug-likeness (QED) is 0.679. The summed E-state index contributed by atoms with van der Waals surface area (Å²) < 4.78 is 0.894. The van der Waals surface area contributed by atoms with Crippen LogP contribution in [0.25, 0.3) is 0 Å². The first-order valence-electron chi connectivity index (χ1n) is 2.24. The van der Waals surface area contributed by atoms with Gasteiger partial charge in [-0.3, -0.25) is 0 Å². The van der Waals surface area contributed by atoms with Crippen LogP contribution in [0.5, 0.6) is 5.75 Å². The molecule has 1 aromatic rings. The highest BCUT2D eigenvalue weighted by Crippen LogP contribution is 2.16. The summed E-state index contributed by atoms with van der Waals surface area (Å²) in [6, 6.07) is 7.22. The molecule has 2 nitrogen and oxygen atoms in total. The van der Waals surface area contributed by atoms with Crippen molar-refractivity contribution in [1.29, 1.82) is 0 Å². The van der Waals surface area contributed by atoms with Crippen LogP contribution in [0.15, 0.2) is 24.3 Å². The van der Waals surface area contributed by atoms with E-state index in [1.54, 1.807) is 12.1 Å². The van der Waals surface area contributed by atoms with Crippen LogP contribution in [0.4, 0.5) is 0 Å². The third-order valence-corrected chi connectivity index (χ3v) is 1.76. The van der Waals surface area contributed by atoms with Crippen LogP contribution < -0.4 is 6.15 Å². The lowest BCUT2D eigenvalue weighted by Gasteiger charge is -1.90. The fourth-order valence-electron chi connectivity index (χ4n) is 0.452. The Labute approximate surface area is 67.6 Å². The molecule has 0 fully saturated rings. The molecule has 1 rings (SSSR count). The number of para-hydroxylation sites is 1. The van der Waals surface area contributed by atoms with Gasteiger partial charge in [0.2, 0.25) is 0 Å². The van der Waals surface area contributed by atoms with Crippen LogP contribution in [0, 0.1) is 3.57 Å². The molecule has 4 N–H and O–H groups in total. The average Bonchev–Trinajstić information content (AvgIpc) is 1.77. The monoisotopic (exact) mass is 237 g/mol. The standard InChI is InChI=1S/C6H5IO.H3N/c7-5-3-1-2-4-6(5)8;/h1-4,8H;1H3. The van der Waals surface area contributed by atoms with Crippen LogP contribution in [0.1, 0.15) is 0 Å². The van der Waals surface area contributed by atoms with E-state index in [1.807, 2.05) is 12.1 Å². The van der Waals surface area contributed by atoms with Crippen molar-refractivity contribution in [2.45, 2.75) is 0 Å². The molecule has 0 saturated carbocycles. The lowest BCUT2D eigenvalue weighted by Crippen LogP contribution is -1.67. The minimum Gasteiger partial charge on any atom is -0.507 e. The zero-order chi connectivity index (χ0) is 5.98. The van der Waals surface area contributed by atoms with Gasteiger partial charge in [0.15, 0.2) is 0 Å². The third kappa shape index (κ3) is 2.19. The molecule has 0 saturated heterocycles. The van der Waals surface area contributed by atoms with Crippen LogP contribution in [0.3, 0.4) is 0 Å². The second kappa shape index (κ2) is 3.68. The Morgan fingerprint density at radius 1 is 1.22 bits per heavy atom. The minimum atomic E-state index is 0. The van der Waals surface area contributed by atoms with Crippen molar-refractivity contribution in [1.82, 2.24) is 6.15 Å². The summed E-state index contributed by atoms with van der Waals surface area (Å²) in [5, 5.41) is 8.91. The van der Waals surface area contributed by atoms with Crippen molar-refractivity contribution in [3.05, 3.63) is 27.8 Å². The SMILES string of the molecule is N.Oc1ccccc1I. The third-order valence-electron chi connectivity index (χ3n) is 0.852. The zero-order valence-corrected chi connectivity index (χ0v) is 7.00. The Morgan fingerprint density at radius 3 is 2.11 bits per heavy atom. The number of aromatic hydroxyl groups is 1. The summed E-state index contributed by atoms with van der Waals surface area (Å²) in [4.78, 5) is 0. The van der Waals surface area contributed by atoms with Gasteiger partial charge in [0.25, 0.3) is 0 Å². The highest BCUT2D eigenvalue weighted by molar-refractivity contribution is 14.1. The highest BCUT2D eigenvalue weighted by Gasteiger charge is 1.89. The van der Waals surface area contributed by atoms with Crippen molar-refractivity contribution in [3.8, 4) is 5.75 Å². The van der Waals surface area contributed by atoms with Gasteiger partial charge in [0.05, 0.1) is 3.57 Å². The molecule has 0 aromatic heterocycles. The molecule has 50 valence electrons. The number of phenolic OH excluding ortho intramolecular Hbond substituents is 1. The van der Waals surface area contributed by atoms with Gasteiger partial charge in [-0.25, -0.2) is 0 Å². The summed E-state index contributed by atoms with van der Waals surface area (Å²) >= 11 is 2.07. The van der Waals surface area contributed by atoms with E-state index in [2.05, 4.69) is 22.6 Å². The number of hydrogen-bond donors (Lipinski definition) is 2. The molecule has 9 heavy (non-hydrogen) atoms. The first kappa shape index (κ1) is 8.71. The van der Waals surface area contributed by atoms with Gasteiger partial charge in [-0.2, -0.15) is 0 Å². The van der Waals surface area contributed by atoms with E-state index in [0.29, 0.717) is 5.75 Å². The second-order valence-electron chi connectivity index (χ2n) is 1.45. The van der Waals surface area contributed by atoms with Crippen molar-refractivity contribution in [3.63, 3.8) is 0 Å². The van der Waals surface area contributed by atoms with Gasteiger partial charge >= 0.3 is 0 Å². The molecule has 0 bridgehead atoms. The van der Waals surface area contributed by atoms with Gasteiger partial charge < -0.3 is 11.3 Å². The Hall–Kier alpha value is -0.290. The maximum atomic E-state index is 8.91. The Bertz CT molecular complexity index is 169. The predicted octanol–water partition coefficient (Wildman–Crippen LogP) is 2.16. The summed E-state index contributed by atoms with van der Waals surface area (Å²) in [6.45, 7) is 0. The molecule has 0 aliphatic rings. The smallest absolute Gasteiger partial charge is 0.128 e. The van der Waals surface area contributed by atoms with Gasteiger partial charge in [-0.05, 0) is 34.7 Å². The molecular weight excluding hydrogens is 229 g/mol. The molecule has 0 atom stereocenters. The van der Waals surface area contributed by atoms with Gasteiger partial charge in [-0.15, -0.1) is 0 Å². The number of phenols is 1. The molecule has 0 amide bonds. The molecule has 0 heterocycles. The Morgan fingerprint density at radius 2 is 1.78 bits per heavy atom. The largest absolute Gasteiger partial charge is 0.507 e. The first-order valence-corrected chi connectivity index (χ1v) is 3.32. The average molecular weight is 237 g/mol. The molecule has 0 aliphatic heterocycles. The maximum Gasteiger partial charge on any atom is 0.128 e. The molecule has 0 aliphatic carbocycles. The van der Waals surface area contributed by atoms with Gasteiger partial charge in [-0.1, -0.05) is 12.1 Å². The van der Waals surface area contributed by atoms with E-state index < -0.39 is 0 Å². The lowest BCUT2D eigenvalue weighted by atomic mass is 10.3. The van der Waals surface area contributed by atoms with Gasteiger partial charge in [0, 0.05) is 0 Å². The van der Waals surface area contributed by atoms with Crippen LogP contribution in [-0.2, 0) is 0 Å². The molecule has 1 aromatic carbocycles. The normalized spacial score (nSPS) is 8.11. The minimum absolute atomic E-state index is 0. The molecule has 3 heteroatoms. The maximum absolute atomic E-state index is 8.91. The molecular formula is C6H8INO.